The zero-order valence-corrected chi connectivity index (χ0v) is 17.6. The Morgan fingerprint density at radius 2 is 1.93 bits per heavy atom. The van der Waals surface area contributed by atoms with Gasteiger partial charge in [-0.15, -0.1) is 0 Å². The van der Waals surface area contributed by atoms with Crippen molar-refractivity contribution in [3.05, 3.63) is 81.1 Å². The summed E-state index contributed by atoms with van der Waals surface area (Å²) in [6.07, 6.45) is 2.34. The number of carbonyl (C=O) groups excluding carboxylic acids is 1. The zero-order chi connectivity index (χ0) is 21.3. The molecule has 0 saturated carbocycles. The number of nitrogens with one attached hydrogen (secondary N) is 1. The van der Waals surface area contributed by atoms with E-state index in [2.05, 4.69) is 10.3 Å². The largest absolute Gasteiger partial charge is 0.387 e. The molecule has 1 saturated heterocycles. The Bertz CT molecular complexity index is 1220. The molecule has 2 aromatic heterocycles. The van der Waals surface area contributed by atoms with Gasteiger partial charge in [-0.2, -0.15) is 0 Å². The number of nitrogens with zero attached hydrogens (tertiary/aromatic N) is 3. The molecule has 2 N–H and O–H groups in total. The van der Waals surface area contributed by atoms with Crippen molar-refractivity contribution in [3.8, 4) is 0 Å². The topological polar surface area (TPSA) is 86.9 Å². The van der Waals surface area contributed by atoms with Crippen LogP contribution >= 0.6 is 24.0 Å². The maximum absolute atomic E-state index is 13.1. The number of likely N-dealkylation sites (N-methyl/N-ethyl adjacent to an activating group) is 1. The summed E-state index contributed by atoms with van der Waals surface area (Å²) in [6.45, 7) is 0.148. The van der Waals surface area contributed by atoms with Crippen LogP contribution in [0.2, 0.25) is 0 Å². The fraction of sp³-hybridized carbons (Fsp3) is 0.143. The van der Waals surface area contributed by atoms with Crippen molar-refractivity contribution in [1.29, 1.82) is 0 Å². The summed E-state index contributed by atoms with van der Waals surface area (Å²) in [4.78, 5) is 31.8. The molecule has 3 heterocycles. The summed E-state index contributed by atoms with van der Waals surface area (Å²) in [6, 6.07) is 14.4. The number of rotatable bonds is 5. The Balaban J connectivity index is 1.74. The molecule has 1 amide bonds. The number of pyridine rings is 1. The van der Waals surface area contributed by atoms with Gasteiger partial charge in [0.05, 0.1) is 16.6 Å². The Hall–Kier alpha value is -3.01. The van der Waals surface area contributed by atoms with Crippen LogP contribution in [0.3, 0.4) is 0 Å². The van der Waals surface area contributed by atoms with E-state index in [-0.39, 0.29) is 23.6 Å². The van der Waals surface area contributed by atoms with E-state index in [0.717, 1.165) is 17.3 Å². The van der Waals surface area contributed by atoms with Gasteiger partial charge in [-0.25, -0.2) is 4.98 Å². The number of hydrogen-bond donors (Lipinski definition) is 2. The molecular formula is C21H18N4O3S2. The molecule has 30 heavy (non-hydrogen) atoms. The van der Waals surface area contributed by atoms with E-state index >= 15 is 0 Å². The van der Waals surface area contributed by atoms with E-state index in [9.17, 15) is 14.7 Å². The van der Waals surface area contributed by atoms with Gasteiger partial charge in [-0.1, -0.05) is 60.4 Å². The van der Waals surface area contributed by atoms with Gasteiger partial charge < -0.3 is 10.4 Å². The monoisotopic (exact) mass is 438 g/mol. The van der Waals surface area contributed by atoms with Crippen molar-refractivity contribution < 1.29 is 9.90 Å². The smallest absolute Gasteiger partial charge is 0.267 e. The Morgan fingerprint density at radius 1 is 1.20 bits per heavy atom. The molecule has 4 rings (SSSR count). The summed E-state index contributed by atoms with van der Waals surface area (Å²) in [5.74, 6) is 0.0281. The van der Waals surface area contributed by atoms with Crippen LogP contribution in [-0.4, -0.2) is 43.2 Å². The molecule has 1 aliphatic rings. The molecule has 0 radical (unpaired) electrons. The number of thiocarbonyl (C=S) groups is 1. The van der Waals surface area contributed by atoms with Crippen molar-refractivity contribution in [2.45, 2.75) is 6.10 Å². The minimum absolute atomic E-state index is 0.148. The van der Waals surface area contributed by atoms with E-state index < -0.39 is 6.10 Å². The van der Waals surface area contributed by atoms with Gasteiger partial charge in [0.15, 0.2) is 0 Å². The number of benzene rings is 1. The van der Waals surface area contributed by atoms with E-state index in [1.54, 1.807) is 31.4 Å². The molecule has 1 aliphatic heterocycles. The van der Waals surface area contributed by atoms with Crippen molar-refractivity contribution >= 4 is 51.7 Å². The first-order valence-electron chi connectivity index (χ1n) is 9.15. The standard InChI is InChI=1S/C21H18N4O3S2/c1-24-20(28)16(30-21(24)29)11-14-18(22-12-15(26)13-7-3-2-4-8-13)23-17-9-5-6-10-25(17)19(14)27/h2-11,15,22,26H,12H2,1H3. The van der Waals surface area contributed by atoms with Gasteiger partial charge in [-0.05, 0) is 23.8 Å². The Morgan fingerprint density at radius 3 is 2.63 bits per heavy atom. The summed E-state index contributed by atoms with van der Waals surface area (Å²) >= 11 is 6.31. The van der Waals surface area contributed by atoms with Gasteiger partial charge in [0.1, 0.15) is 15.8 Å². The van der Waals surface area contributed by atoms with E-state index in [4.69, 9.17) is 12.2 Å². The first-order valence-corrected chi connectivity index (χ1v) is 10.4. The van der Waals surface area contributed by atoms with Gasteiger partial charge in [0.25, 0.3) is 11.5 Å². The zero-order valence-electron chi connectivity index (χ0n) is 16.0. The van der Waals surface area contributed by atoms with Crippen LogP contribution in [0, 0.1) is 0 Å². The highest BCUT2D eigenvalue weighted by molar-refractivity contribution is 8.26. The SMILES string of the molecule is CN1C(=O)C(=Cc2c(NCC(O)c3ccccc3)nc3ccccn3c2=O)SC1=S. The molecule has 0 bridgehead atoms. The fourth-order valence-electron chi connectivity index (χ4n) is 3.03. The lowest BCUT2D eigenvalue weighted by molar-refractivity contribution is -0.121. The third-order valence-electron chi connectivity index (χ3n) is 4.68. The number of thioether (sulfide) groups is 1. The van der Waals surface area contributed by atoms with E-state index in [0.29, 0.717) is 20.7 Å². The minimum atomic E-state index is -0.788. The van der Waals surface area contributed by atoms with Gasteiger partial charge in [0.2, 0.25) is 0 Å². The molecule has 1 atom stereocenters. The van der Waals surface area contributed by atoms with Crippen LogP contribution < -0.4 is 10.9 Å². The molecule has 152 valence electrons. The Kier molecular flexibility index (Phi) is 5.67. The highest BCUT2D eigenvalue weighted by atomic mass is 32.2. The number of fused-ring (bicyclic) bond motifs is 1. The van der Waals surface area contributed by atoms with Crippen molar-refractivity contribution in [2.75, 3.05) is 18.9 Å². The summed E-state index contributed by atoms with van der Waals surface area (Å²) in [5, 5.41) is 13.5. The van der Waals surface area contributed by atoms with Crippen LogP contribution in [-0.2, 0) is 4.79 Å². The maximum atomic E-state index is 13.1. The van der Waals surface area contributed by atoms with Crippen LogP contribution in [0.15, 0.2) is 64.4 Å². The third kappa shape index (κ3) is 3.87. The molecule has 0 spiro atoms. The second kappa shape index (κ2) is 8.39. The number of anilines is 1. The highest BCUT2D eigenvalue weighted by Crippen LogP contribution is 2.32. The van der Waals surface area contributed by atoms with Crippen LogP contribution in [0.4, 0.5) is 5.82 Å². The molecule has 1 unspecified atom stereocenters. The van der Waals surface area contributed by atoms with Gasteiger partial charge in [0, 0.05) is 19.8 Å². The molecule has 9 heteroatoms. The Labute approximate surface area is 182 Å². The molecule has 1 aromatic carbocycles. The number of aliphatic hydroxyl groups is 1. The van der Waals surface area contributed by atoms with Crippen molar-refractivity contribution in [1.82, 2.24) is 14.3 Å². The summed E-state index contributed by atoms with van der Waals surface area (Å²) < 4.78 is 1.84. The van der Waals surface area contributed by atoms with Crippen molar-refractivity contribution in [3.63, 3.8) is 0 Å². The number of amides is 1. The number of aromatic nitrogens is 2. The van der Waals surface area contributed by atoms with E-state index in [1.165, 1.54) is 15.4 Å². The van der Waals surface area contributed by atoms with Crippen molar-refractivity contribution in [2.24, 2.45) is 0 Å². The quantitative estimate of drug-likeness (QED) is 0.468. The average Bonchev–Trinajstić information content (AvgIpc) is 3.01. The number of hydrogen-bond acceptors (Lipinski definition) is 7. The van der Waals surface area contributed by atoms with Gasteiger partial charge >= 0.3 is 0 Å². The number of aliphatic hydroxyl groups excluding tert-OH is 1. The first-order chi connectivity index (χ1) is 14.5. The second-order valence-corrected chi connectivity index (χ2v) is 8.33. The van der Waals surface area contributed by atoms with E-state index in [1.807, 2.05) is 30.3 Å². The highest BCUT2D eigenvalue weighted by Gasteiger charge is 2.29. The van der Waals surface area contributed by atoms with Crippen LogP contribution in [0.1, 0.15) is 17.2 Å². The molecule has 1 fully saturated rings. The second-order valence-electron chi connectivity index (χ2n) is 6.66. The minimum Gasteiger partial charge on any atom is -0.387 e. The predicted molar refractivity (Wildman–Crippen MR) is 122 cm³/mol. The summed E-state index contributed by atoms with van der Waals surface area (Å²) in [7, 11) is 1.60. The van der Waals surface area contributed by atoms with Gasteiger partial charge in [-0.3, -0.25) is 18.9 Å². The maximum Gasteiger partial charge on any atom is 0.267 e. The van der Waals surface area contributed by atoms with Crippen LogP contribution in [0.25, 0.3) is 11.7 Å². The lowest BCUT2D eigenvalue weighted by atomic mass is 10.1. The molecular weight excluding hydrogens is 420 g/mol. The predicted octanol–water partition coefficient (Wildman–Crippen LogP) is 2.67. The lowest BCUT2D eigenvalue weighted by Crippen LogP contribution is -2.24. The summed E-state index contributed by atoms with van der Waals surface area (Å²) in [5.41, 5.74) is 1.11. The van der Waals surface area contributed by atoms with Crippen LogP contribution in [0.5, 0.6) is 0 Å². The third-order valence-corrected chi connectivity index (χ3v) is 6.16. The first kappa shape index (κ1) is 20.3. The average molecular weight is 439 g/mol. The molecule has 3 aromatic rings. The number of carbonyl (C=O) groups is 1. The lowest BCUT2D eigenvalue weighted by Gasteiger charge is -2.15. The molecule has 0 aliphatic carbocycles. The fourth-order valence-corrected chi connectivity index (χ4v) is 4.19. The molecule has 7 nitrogen and oxygen atoms in total. The normalized spacial score (nSPS) is 16.5.